The minimum absolute atomic E-state index is 0.201. The molecule has 1 unspecified atom stereocenters. The lowest BCUT2D eigenvalue weighted by Crippen LogP contribution is -2.33. The van der Waals surface area contributed by atoms with Gasteiger partial charge in [0.2, 0.25) is 4.90 Å². The first-order valence-corrected chi connectivity index (χ1v) is 7.72. The predicted octanol–water partition coefficient (Wildman–Crippen LogP) is 2.47. The Kier molecular flexibility index (Phi) is 3.86. The Labute approximate surface area is 123 Å². The summed E-state index contributed by atoms with van der Waals surface area (Å²) >= 11 is 5.70. The second kappa shape index (κ2) is 5.16. The van der Waals surface area contributed by atoms with Crippen LogP contribution in [0.3, 0.4) is 0 Å². The Hall–Kier alpha value is -1.44. The number of nitrogens with zero attached hydrogens (tertiary/aromatic N) is 4. The van der Waals surface area contributed by atoms with E-state index < -0.39 is 10.4 Å². The quantitative estimate of drug-likeness (QED) is 0.697. The van der Waals surface area contributed by atoms with Gasteiger partial charge in [-0.15, -0.1) is 0 Å². The zero-order valence-corrected chi connectivity index (χ0v) is 13.2. The summed E-state index contributed by atoms with van der Waals surface area (Å²) in [7, 11) is -0.0738. The molecule has 108 valence electrons. The zero-order valence-electron chi connectivity index (χ0n) is 11.7. The summed E-state index contributed by atoms with van der Waals surface area (Å²) in [4.78, 5) is 4.05. The lowest BCUT2D eigenvalue weighted by molar-refractivity contribution is 0.495. The summed E-state index contributed by atoms with van der Waals surface area (Å²) in [6.45, 7) is 3.65. The molecule has 0 amide bonds. The van der Waals surface area contributed by atoms with Crippen molar-refractivity contribution in [2.75, 3.05) is 11.4 Å². The molecule has 0 aliphatic rings. The molecule has 20 heavy (non-hydrogen) atoms. The fraction of sp³-hybridized carbons (Fsp3) is 0.333. The van der Waals surface area contributed by atoms with Crippen LogP contribution in [0, 0.1) is 13.8 Å². The maximum atomic E-state index is 12.7. The van der Waals surface area contributed by atoms with Gasteiger partial charge >= 0.3 is 10.4 Å². The molecular weight excluding hydrogens is 300 g/mol. The first kappa shape index (κ1) is 15.0. The van der Waals surface area contributed by atoms with E-state index in [0.717, 1.165) is 5.69 Å². The molecule has 0 fully saturated rings. The van der Waals surface area contributed by atoms with Crippen molar-refractivity contribution in [3.8, 4) is 0 Å². The van der Waals surface area contributed by atoms with Crippen molar-refractivity contribution in [1.82, 2.24) is 14.8 Å². The molecule has 0 saturated heterocycles. The van der Waals surface area contributed by atoms with Crippen molar-refractivity contribution in [2.24, 2.45) is 7.05 Å². The van der Waals surface area contributed by atoms with Crippen LogP contribution in [0.5, 0.6) is 0 Å². The summed E-state index contributed by atoms with van der Waals surface area (Å²) < 4.78 is 26.1. The highest BCUT2D eigenvalue weighted by Gasteiger charge is 2.39. The van der Waals surface area contributed by atoms with Gasteiger partial charge in [-0.25, -0.2) is 4.98 Å². The molecule has 1 atom stereocenters. The summed E-state index contributed by atoms with van der Waals surface area (Å²) in [5, 5.41) is 4.53. The third-order valence-electron chi connectivity index (χ3n) is 3.16. The van der Waals surface area contributed by atoms with Gasteiger partial charge in [-0.3, -0.25) is 4.68 Å². The van der Waals surface area contributed by atoms with Crippen molar-refractivity contribution in [1.29, 1.82) is 0 Å². The number of hydrogen-bond donors (Lipinski definition) is 1. The highest BCUT2D eigenvalue weighted by Crippen LogP contribution is 2.30. The van der Waals surface area contributed by atoms with Gasteiger partial charge in [0.05, 0.1) is 24.6 Å². The molecule has 8 heteroatoms. The van der Waals surface area contributed by atoms with Crippen LogP contribution in [0.4, 0.5) is 5.69 Å². The smallest absolute Gasteiger partial charge is 0.270 e. The Morgan fingerprint density at radius 3 is 2.50 bits per heavy atom. The Morgan fingerprint density at radius 2 is 2.05 bits per heavy atom. The second-order valence-corrected chi connectivity index (χ2v) is 6.85. The van der Waals surface area contributed by atoms with Crippen LogP contribution in [-0.2, 0) is 21.7 Å². The predicted molar refractivity (Wildman–Crippen MR) is 79.3 cm³/mol. The summed E-state index contributed by atoms with van der Waals surface area (Å²) in [6.07, 6.45) is 1.31. The maximum absolute atomic E-state index is 12.7. The maximum Gasteiger partial charge on any atom is 0.349 e. The molecule has 0 saturated carbocycles. The highest BCUT2D eigenvalue weighted by atomic mass is 35.5. The van der Waals surface area contributed by atoms with Crippen molar-refractivity contribution in [2.45, 2.75) is 18.7 Å². The fourth-order valence-electron chi connectivity index (χ4n) is 2.02. The van der Waals surface area contributed by atoms with Crippen LogP contribution in [0.25, 0.3) is 0 Å². The van der Waals surface area contributed by atoms with Gasteiger partial charge in [0, 0.05) is 13.1 Å². The summed E-state index contributed by atoms with van der Waals surface area (Å²) in [5.41, 5.74) is 2.14. The van der Waals surface area contributed by atoms with E-state index in [1.165, 1.54) is 22.6 Å². The van der Waals surface area contributed by atoms with E-state index in [1.54, 1.807) is 25.7 Å². The number of anilines is 1. The molecule has 6 nitrogen and oxygen atoms in total. The average molecular weight is 316 g/mol. The SMILES string of the molecule is Cc1nn(C)c(C)c1N(C)[S+](=O)(O)c1ccc(Cl)nc1. The molecule has 1 N–H and O–H groups in total. The topological polar surface area (TPSA) is 71.2 Å². The molecule has 0 bridgehead atoms. The molecule has 2 heterocycles. The molecule has 0 aromatic carbocycles. The lowest BCUT2D eigenvalue weighted by Gasteiger charge is -2.17. The van der Waals surface area contributed by atoms with E-state index in [4.69, 9.17) is 11.6 Å². The van der Waals surface area contributed by atoms with E-state index >= 15 is 0 Å². The molecule has 0 aliphatic heterocycles. The van der Waals surface area contributed by atoms with Crippen LogP contribution < -0.4 is 4.31 Å². The van der Waals surface area contributed by atoms with Crippen molar-refractivity contribution < 1.29 is 8.76 Å². The van der Waals surface area contributed by atoms with Gasteiger partial charge in [0.25, 0.3) is 0 Å². The van der Waals surface area contributed by atoms with Gasteiger partial charge in [0.1, 0.15) is 10.8 Å². The van der Waals surface area contributed by atoms with E-state index in [-0.39, 0.29) is 10.0 Å². The van der Waals surface area contributed by atoms with Gasteiger partial charge in [-0.2, -0.15) is 14.0 Å². The number of pyridine rings is 1. The Bertz CT molecular complexity index is 684. The first-order chi connectivity index (χ1) is 9.25. The number of rotatable bonds is 3. The van der Waals surface area contributed by atoms with Crippen molar-refractivity contribution >= 4 is 27.7 Å². The van der Waals surface area contributed by atoms with Gasteiger partial charge < -0.3 is 0 Å². The highest BCUT2D eigenvalue weighted by molar-refractivity contribution is 7.99. The molecular formula is C12H16ClN4O2S+. The lowest BCUT2D eigenvalue weighted by atomic mass is 10.3. The summed E-state index contributed by atoms with van der Waals surface area (Å²) in [6, 6.07) is 2.98. The monoisotopic (exact) mass is 315 g/mol. The van der Waals surface area contributed by atoms with E-state index in [9.17, 15) is 8.76 Å². The number of hydrogen-bond acceptors (Lipinski definition) is 3. The number of aryl methyl sites for hydroxylation is 2. The number of aromatic nitrogens is 3. The van der Waals surface area contributed by atoms with E-state index in [2.05, 4.69) is 10.1 Å². The van der Waals surface area contributed by atoms with Crippen LogP contribution in [0.15, 0.2) is 23.2 Å². The molecule has 0 spiro atoms. The molecule has 2 aromatic heterocycles. The third kappa shape index (κ3) is 2.44. The minimum atomic E-state index is -3.43. The Morgan fingerprint density at radius 1 is 1.40 bits per heavy atom. The second-order valence-electron chi connectivity index (χ2n) is 4.45. The van der Waals surface area contributed by atoms with Crippen LogP contribution in [-0.4, -0.2) is 26.4 Å². The standard InChI is InChI=1S/C12H15ClN4O2S/c1-8-12(9(2)16(3)15-8)17(4)20(18,19)10-5-6-11(13)14-7-10/h5-7H,1-4H3/p+1. The molecule has 0 aliphatic carbocycles. The number of halogens is 1. The van der Waals surface area contributed by atoms with Crippen LogP contribution in [0.1, 0.15) is 11.4 Å². The molecule has 2 aromatic rings. The zero-order chi connectivity index (χ0) is 15.1. The van der Waals surface area contributed by atoms with Gasteiger partial charge in [0.15, 0.2) is 0 Å². The first-order valence-electron chi connectivity index (χ1n) is 5.87. The normalized spacial score (nSPS) is 14.1. The van der Waals surface area contributed by atoms with Gasteiger partial charge in [-0.05, 0) is 24.1 Å². The fourth-order valence-corrected chi connectivity index (χ4v) is 3.39. The molecule has 2 rings (SSSR count). The Balaban J connectivity index is 2.48. The minimum Gasteiger partial charge on any atom is -0.270 e. The van der Waals surface area contributed by atoms with Crippen molar-refractivity contribution in [3.63, 3.8) is 0 Å². The van der Waals surface area contributed by atoms with Crippen LogP contribution in [0.2, 0.25) is 5.15 Å². The van der Waals surface area contributed by atoms with Crippen LogP contribution >= 0.6 is 11.6 Å². The average Bonchev–Trinajstić information content (AvgIpc) is 2.63. The van der Waals surface area contributed by atoms with E-state index in [1.807, 2.05) is 6.92 Å². The van der Waals surface area contributed by atoms with E-state index in [0.29, 0.717) is 11.4 Å². The van der Waals surface area contributed by atoms with Gasteiger partial charge in [-0.1, -0.05) is 11.6 Å². The summed E-state index contributed by atoms with van der Waals surface area (Å²) in [5.74, 6) is 0. The largest absolute Gasteiger partial charge is 0.349 e. The van der Waals surface area contributed by atoms with Crippen molar-refractivity contribution in [3.05, 3.63) is 34.9 Å². The third-order valence-corrected chi connectivity index (χ3v) is 5.17. The molecule has 0 radical (unpaired) electrons.